The van der Waals surface area contributed by atoms with Gasteiger partial charge < -0.3 is 4.74 Å². The molecule has 0 atom stereocenters. The van der Waals surface area contributed by atoms with E-state index < -0.39 is 31.9 Å². The van der Waals surface area contributed by atoms with Crippen LogP contribution in [-0.2, 0) is 34.4 Å². The zero-order valence-corrected chi connectivity index (χ0v) is 25.1. The lowest BCUT2D eigenvalue weighted by Gasteiger charge is -2.13. The molecule has 0 aromatic heterocycles. The zero-order chi connectivity index (χ0) is 29.9. The molecule has 0 bridgehead atoms. The van der Waals surface area contributed by atoms with Crippen molar-refractivity contribution in [2.24, 2.45) is 5.14 Å². The van der Waals surface area contributed by atoms with E-state index in [4.69, 9.17) is 22.1 Å². The lowest BCUT2D eigenvalue weighted by Crippen LogP contribution is -2.34. The number of primary sulfonamides is 1. The Morgan fingerprint density at radius 3 is 2.12 bits per heavy atom. The summed E-state index contributed by atoms with van der Waals surface area (Å²) in [5.41, 5.74) is 2.83. The summed E-state index contributed by atoms with van der Waals surface area (Å²) in [6.07, 6.45) is 0. The van der Waals surface area contributed by atoms with Crippen LogP contribution < -0.4 is 9.86 Å². The monoisotopic (exact) mass is 631 g/mol. The molecule has 1 aliphatic rings. The van der Waals surface area contributed by atoms with E-state index in [-0.39, 0.29) is 33.0 Å². The fourth-order valence-electron chi connectivity index (χ4n) is 3.93. The average Bonchev–Trinajstić information content (AvgIpc) is 3.20. The summed E-state index contributed by atoms with van der Waals surface area (Å²) >= 11 is 6.35. The molecule has 3 aromatic carbocycles. The molecule has 1 saturated heterocycles. The smallest absolute Gasteiger partial charge is 0.326 e. The Bertz CT molecular complexity index is 1770. The Morgan fingerprint density at radius 1 is 0.976 bits per heavy atom. The largest absolute Gasteiger partial charge is 0.465 e. The van der Waals surface area contributed by atoms with Crippen molar-refractivity contribution in [2.75, 3.05) is 17.9 Å². The minimum Gasteiger partial charge on any atom is -0.465 e. The third-order valence-electron chi connectivity index (χ3n) is 6.01. The van der Waals surface area contributed by atoms with Gasteiger partial charge in [0.15, 0.2) is 0 Å². The molecule has 0 aliphatic carbocycles. The van der Waals surface area contributed by atoms with Gasteiger partial charge in [0.1, 0.15) is 10.9 Å². The Hall–Kier alpha value is -3.56. The number of allylic oxidation sites excluding steroid dienone is 1. The molecule has 3 aromatic rings. The molecule has 41 heavy (non-hydrogen) atoms. The number of anilines is 1. The normalized spacial score (nSPS) is 15.1. The summed E-state index contributed by atoms with van der Waals surface area (Å²) in [6, 6.07) is 18.6. The molecule has 0 radical (unpaired) electrons. The van der Waals surface area contributed by atoms with Gasteiger partial charge in [-0.3, -0.25) is 19.2 Å². The highest BCUT2D eigenvalue weighted by atomic mass is 32.2. The molecule has 1 heterocycles. The highest BCUT2D eigenvalue weighted by Crippen LogP contribution is 2.37. The van der Waals surface area contributed by atoms with E-state index in [1.165, 1.54) is 29.2 Å². The van der Waals surface area contributed by atoms with Gasteiger partial charge in [-0.25, -0.2) is 22.0 Å². The standard InChI is InChI=1S/C27H25N3O7S4/c1-3-37-24(31)16-30-26(32)25(39-27(30)38)17(2)20-5-4-6-21(15-20)29-41(35,36)23-13-9-19(10-14-23)18-7-11-22(12-8-18)40(28,33)34/h4-15,29H,3,16H2,1-2H3,(H2,28,33,34)/b25-17-. The Kier molecular flexibility index (Phi) is 8.99. The van der Waals surface area contributed by atoms with Crippen molar-refractivity contribution in [2.45, 2.75) is 23.6 Å². The van der Waals surface area contributed by atoms with Gasteiger partial charge in [-0.15, -0.1) is 0 Å². The van der Waals surface area contributed by atoms with Crippen molar-refractivity contribution < 1.29 is 31.2 Å². The van der Waals surface area contributed by atoms with Crippen molar-refractivity contribution in [3.05, 3.63) is 83.3 Å². The first kappa shape index (κ1) is 30.4. The van der Waals surface area contributed by atoms with Gasteiger partial charge in [0, 0.05) is 5.69 Å². The van der Waals surface area contributed by atoms with Crippen molar-refractivity contribution >= 4 is 71.5 Å². The second kappa shape index (κ2) is 12.1. The number of ether oxygens (including phenoxy) is 1. The molecule has 4 rings (SSSR count). The molecule has 0 unspecified atom stereocenters. The summed E-state index contributed by atoms with van der Waals surface area (Å²) in [4.78, 5) is 26.4. The van der Waals surface area contributed by atoms with Gasteiger partial charge in [0.05, 0.1) is 21.3 Å². The summed E-state index contributed by atoms with van der Waals surface area (Å²) in [7, 11) is -7.78. The number of nitrogens with two attached hydrogens (primary N) is 1. The van der Waals surface area contributed by atoms with Crippen molar-refractivity contribution in [1.29, 1.82) is 0 Å². The second-order valence-electron chi connectivity index (χ2n) is 8.80. The molecule has 214 valence electrons. The lowest BCUT2D eigenvalue weighted by molar-refractivity contribution is -0.145. The zero-order valence-electron chi connectivity index (χ0n) is 21.9. The van der Waals surface area contributed by atoms with Crippen molar-refractivity contribution in [3.8, 4) is 11.1 Å². The third kappa shape index (κ3) is 7.02. The fourth-order valence-corrected chi connectivity index (χ4v) is 6.79. The number of sulfonamides is 2. The summed E-state index contributed by atoms with van der Waals surface area (Å²) in [5, 5.41) is 5.13. The van der Waals surface area contributed by atoms with E-state index in [1.807, 2.05) is 0 Å². The third-order valence-corrected chi connectivity index (χ3v) is 9.89. The SMILES string of the molecule is CCOC(=O)CN1C(=O)/C(=C(\C)c2cccc(NS(=O)(=O)c3ccc(-c4ccc(S(N)(=O)=O)cc4)cc3)c2)SC1=S. The van der Waals surface area contributed by atoms with Gasteiger partial charge in [-0.1, -0.05) is 60.4 Å². The van der Waals surface area contributed by atoms with Gasteiger partial charge in [0.25, 0.3) is 15.9 Å². The molecule has 14 heteroatoms. The lowest BCUT2D eigenvalue weighted by atomic mass is 10.1. The predicted molar refractivity (Wildman–Crippen MR) is 162 cm³/mol. The number of hydrogen-bond acceptors (Lipinski definition) is 9. The van der Waals surface area contributed by atoms with Gasteiger partial charge >= 0.3 is 5.97 Å². The molecule has 1 amide bonds. The number of esters is 1. The number of benzene rings is 3. The van der Waals surface area contributed by atoms with Crippen LogP contribution in [0.15, 0.2) is 87.5 Å². The van der Waals surface area contributed by atoms with Crippen LogP contribution in [0, 0.1) is 0 Å². The highest BCUT2D eigenvalue weighted by molar-refractivity contribution is 8.26. The number of thioether (sulfide) groups is 1. The molecule has 10 nitrogen and oxygen atoms in total. The maximum absolute atomic E-state index is 13.1. The van der Waals surface area contributed by atoms with Crippen molar-refractivity contribution in [1.82, 2.24) is 4.90 Å². The quantitative estimate of drug-likeness (QED) is 0.203. The number of carbonyl (C=O) groups excluding carboxylic acids is 2. The average molecular weight is 632 g/mol. The number of amides is 1. The number of carbonyl (C=O) groups is 2. The van der Waals surface area contributed by atoms with Gasteiger partial charge in [-0.2, -0.15) is 0 Å². The van der Waals surface area contributed by atoms with E-state index in [0.29, 0.717) is 27.2 Å². The minimum absolute atomic E-state index is 0.0179. The van der Waals surface area contributed by atoms with Crippen LogP contribution in [0.5, 0.6) is 0 Å². The predicted octanol–water partition coefficient (Wildman–Crippen LogP) is 3.96. The number of nitrogens with one attached hydrogen (secondary N) is 1. The van der Waals surface area contributed by atoms with Crippen LogP contribution in [0.2, 0.25) is 0 Å². The molecular formula is C27H25N3O7S4. The maximum atomic E-state index is 13.1. The number of nitrogens with zero attached hydrogens (tertiary/aromatic N) is 1. The Balaban J connectivity index is 1.52. The Morgan fingerprint density at radius 2 is 1.56 bits per heavy atom. The number of rotatable bonds is 9. The van der Waals surface area contributed by atoms with E-state index in [1.54, 1.807) is 62.4 Å². The molecule has 1 aliphatic heterocycles. The first-order valence-corrected chi connectivity index (χ1v) is 16.3. The maximum Gasteiger partial charge on any atom is 0.326 e. The number of hydrogen-bond donors (Lipinski definition) is 2. The van der Waals surface area contributed by atoms with Gasteiger partial charge in [-0.05, 0) is 72.5 Å². The van der Waals surface area contributed by atoms with Crippen LogP contribution in [0.25, 0.3) is 16.7 Å². The topological polar surface area (TPSA) is 153 Å². The molecule has 1 fully saturated rings. The highest BCUT2D eigenvalue weighted by Gasteiger charge is 2.35. The van der Waals surface area contributed by atoms with Crippen LogP contribution in [-0.4, -0.2) is 51.1 Å². The van der Waals surface area contributed by atoms with E-state index in [2.05, 4.69) is 4.72 Å². The molecule has 0 saturated carbocycles. The molecule has 3 N–H and O–H groups in total. The van der Waals surface area contributed by atoms with E-state index in [9.17, 15) is 26.4 Å². The Labute approximate surface area is 247 Å². The van der Waals surface area contributed by atoms with E-state index in [0.717, 1.165) is 11.8 Å². The van der Waals surface area contributed by atoms with Crippen LogP contribution in [0.4, 0.5) is 5.69 Å². The summed E-state index contributed by atoms with van der Waals surface area (Å²) in [6.45, 7) is 3.29. The van der Waals surface area contributed by atoms with Crippen LogP contribution >= 0.6 is 24.0 Å². The van der Waals surface area contributed by atoms with Crippen LogP contribution in [0.3, 0.4) is 0 Å². The summed E-state index contributed by atoms with van der Waals surface area (Å²) in [5.74, 6) is -0.983. The van der Waals surface area contributed by atoms with Crippen molar-refractivity contribution in [3.63, 3.8) is 0 Å². The second-order valence-corrected chi connectivity index (χ2v) is 13.7. The molecular weight excluding hydrogens is 607 g/mol. The molecule has 0 spiro atoms. The number of thiocarbonyl (C=S) groups is 1. The van der Waals surface area contributed by atoms with E-state index >= 15 is 0 Å². The first-order valence-electron chi connectivity index (χ1n) is 12.1. The van der Waals surface area contributed by atoms with Gasteiger partial charge in [0.2, 0.25) is 10.0 Å². The summed E-state index contributed by atoms with van der Waals surface area (Å²) < 4.78 is 56.9. The fraction of sp³-hybridized carbons (Fsp3) is 0.148. The minimum atomic E-state index is -3.96. The first-order chi connectivity index (χ1) is 19.3. The van der Waals surface area contributed by atoms with Crippen LogP contribution in [0.1, 0.15) is 19.4 Å².